The van der Waals surface area contributed by atoms with Crippen molar-refractivity contribution < 1.29 is 4.79 Å². The summed E-state index contributed by atoms with van der Waals surface area (Å²) >= 11 is 0. The number of hydrogen-bond donors (Lipinski definition) is 2. The van der Waals surface area contributed by atoms with Crippen LogP contribution in [-0.4, -0.2) is 50.1 Å². The Labute approximate surface area is 140 Å². The van der Waals surface area contributed by atoms with E-state index in [1.54, 1.807) is 0 Å². The van der Waals surface area contributed by atoms with Gasteiger partial charge in [-0.1, -0.05) is 30.3 Å². The standard InChI is InChI=1S/C17H27N3O.ClH/c1-17(2,15-7-4-3-5-8-15)16(21)19-9-6-12-20-13-10-18-11-14-20;/h3-5,7-8,18H,6,9-14H2,1-2H3,(H,19,21);1H. The van der Waals surface area contributed by atoms with E-state index >= 15 is 0 Å². The SMILES string of the molecule is CC(C)(C(=O)NCCCN1CCNCC1)c1ccccc1.Cl. The van der Waals surface area contributed by atoms with Crippen LogP contribution < -0.4 is 10.6 Å². The third-order valence-corrected chi connectivity index (χ3v) is 4.21. The first-order valence-electron chi connectivity index (χ1n) is 7.87. The largest absolute Gasteiger partial charge is 0.355 e. The Morgan fingerprint density at radius 2 is 1.86 bits per heavy atom. The number of piperazine rings is 1. The summed E-state index contributed by atoms with van der Waals surface area (Å²) in [4.78, 5) is 14.8. The van der Waals surface area contributed by atoms with Crippen LogP contribution in [-0.2, 0) is 10.2 Å². The molecule has 4 nitrogen and oxygen atoms in total. The lowest BCUT2D eigenvalue weighted by Gasteiger charge is -2.27. The third-order valence-electron chi connectivity index (χ3n) is 4.21. The Balaban J connectivity index is 0.00000242. The summed E-state index contributed by atoms with van der Waals surface area (Å²) in [6.07, 6.45) is 1.01. The van der Waals surface area contributed by atoms with E-state index in [4.69, 9.17) is 0 Å². The van der Waals surface area contributed by atoms with E-state index in [0.29, 0.717) is 0 Å². The highest BCUT2D eigenvalue weighted by atomic mass is 35.5. The van der Waals surface area contributed by atoms with Gasteiger partial charge in [-0.2, -0.15) is 0 Å². The lowest BCUT2D eigenvalue weighted by molar-refractivity contribution is -0.125. The van der Waals surface area contributed by atoms with Gasteiger partial charge in [0.1, 0.15) is 0 Å². The molecule has 1 aromatic carbocycles. The van der Waals surface area contributed by atoms with Crippen molar-refractivity contribution in [3.8, 4) is 0 Å². The third kappa shape index (κ3) is 5.27. The smallest absolute Gasteiger partial charge is 0.230 e. The number of halogens is 1. The molecule has 22 heavy (non-hydrogen) atoms. The van der Waals surface area contributed by atoms with Gasteiger partial charge in [0.25, 0.3) is 0 Å². The zero-order valence-electron chi connectivity index (χ0n) is 13.6. The predicted molar refractivity (Wildman–Crippen MR) is 93.7 cm³/mol. The first-order chi connectivity index (χ1) is 10.1. The molecule has 1 aliphatic heterocycles. The molecule has 1 heterocycles. The van der Waals surface area contributed by atoms with Crippen molar-refractivity contribution in [2.75, 3.05) is 39.3 Å². The second kappa shape index (κ2) is 9.13. The van der Waals surface area contributed by atoms with E-state index in [9.17, 15) is 4.79 Å². The molecular formula is C17H28ClN3O. The Kier molecular flexibility index (Phi) is 7.87. The highest BCUT2D eigenvalue weighted by Gasteiger charge is 2.29. The molecule has 1 saturated heterocycles. The minimum absolute atomic E-state index is 0. The van der Waals surface area contributed by atoms with E-state index in [1.165, 1.54) is 0 Å². The fraction of sp³-hybridized carbons (Fsp3) is 0.588. The van der Waals surface area contributed by atoms with Gasteiger partial charge < -0.3 is 15.5 Å². The van der Waals surface area contributed by atoms with Gasteiger partial charge in [-0.25, -0.2) is 0 Å². The van der Waals surface area contributed by atoms with Crippen molar-refractivity contribution in [3.05, 3.63) is 35.9 Å². The number of rotatable bonds is 6. The normalized spacial score (nSPS) is 15.9. The Bertz CT molecular complexity index is 444. The monoisotopic (exact) mass is 325 g/mol. The van der Waals surface area contributed by atoms with Crippen LogP contribution in [0.15, 0.2) is 30.3 Å². The van der Waals surface area contributed by atoms with Crippen molar-refractivity contribution >= 4 is 18.3 Å². The number of benzene rings is 1. The van der Waals surface area contributed by atoms with E-state index in [0.717, 1.165) is 51.3 Å². The lowest BCUT2D eigenvalue weighted by atomic mass is 9.84. The molecule has 1 fully saturated rings. The van der Waals surface area contributed by atoms with Crippen LogP contribution in [0.25, 0.3) is 0 Å². The van der Waals surface area contributed by atoms with E-state index < -0.39 is 5.41 Å². The van der Waals surface area contributed by atoms with Crippen molar-refractivity contribution in [3.63, 3.8) is 0 Å². The average molecular weight is 326 g/mol. The second-order valence-electron chi connectivity index (χ2n) is 6.19. The Morgan fingerprint density at radius 1 is 1.23 bits per heavy atom. The van der Waals surface area contributed by atoms with Gasteiger partial charge in [-0.3, -0.25) is 4.79 Å². The van der Waals surface area contributed by atoms with Crippen LogP contribution in [0.4, 0.5) is 0 Å². The molecule has 124 valence electrons. The van der Waals surface area contributed by atoms with Crippen molar-refractivity contribution in [1.82, 2.24) is 15.5 Å². The molecule has 1 aliphatic rings. The van der Waals surface area contributed by atoms with Crippen LogP contribution in [0.5, 0.6) is 0 Å². The van der Waals surface area contributed by atoms with Crippen molar-refractivity contribution in [2.24, 2.45) is 0 Å². The minimum atomic E-state index is -0.476. The predicted octanol–water partition coefficient (Wildman–Crippen LogP) is 1.80. The van der Waals surface area contributed by atoms with Gasteiger partial charge in [0, 0.05) is 32.7 Å². The van der Waals surface area contributed by atoms with Gasteiger partial charge >= 0.3 is 0 Å². The highest BCUT2D eigenvalue weighted by Crippen LogP contribution is 2.22. The van der Waals surface area contributed by atoms with Crippen LogP contribution in [0, 0.1) is 0 Å². The van der Waals surface area contributed by atoms with E-state index in [2.05, 4.69) is 15.5 Å². The van der Waals surface area contributed by atoms with Crippen LogP contribution in [0.3, 0.4) is 0 Å². The summed E-state index contributed by atoms with van der Waals surface area (Å²) in [5.41, 5.74) is 0.584. The van der Waals surface area contributed by atoms with Gasteiger partial charge in [0.2, 0.25) is 5.91 Å². The van der Waals surface area contributed by atoms with Gasteiger partial charge in [0.15, 0.2) is 0 Å². The average Bonchev–Trinajstić information content (AvgIpc) is 2.53. The van der Waals surface area contributed by atoms with Gasteiger partial charge in [-0.05, 0) is 32.4 Å². The molecule has 1 aromatic rings. The molecule has 0 spiro atoms. The summed E-state index contributed by atoms with van der Waals surface area (Å²) in [7, 11) is 0. The Morgan fingerprint density at radius 3 is 2.50 bits per heavy atom. The van der Waals surface area contributed by atoms with Crippen LogP contribution in [0.1, 0.15) is 25.8 Å². The zero-order chi connectivity index (χ0) is 15.1. The fourth-order valence-corrected chi connectivity index (χ4v) is 2.65. The van der Waals surface area contributed by atoms with Gasteiger partial charge in [-0.15, -0.1) is 12.4 Å². The van der Waals surface area contributed by atoms with E-state index in [1.807, 2.05) is 44.2 Å². The molecule has 0 bridgehead atoms. The van der Waals surface area contributed by atoms with Gasteiger partial charge in [0.05, 0.1) is 5.41 Å². The van der Waals surface area contributed by atoms with Crippen LogP contribution in [0.2, 0.25) is 0 Å². The molecule has 0 atom stereocenters. The molecular weight excluding hydrogens is 298 g/mol. The van der Waals surface area contributed by atoms with E-state index in [-0.39, 0.29) is 18.3 Å². The number of nitrogens with one attached hydrogen (secondary N) is 2. The molecule has 0 aromatic heterocycles. The van der Waals surface area contributed by atoms with Crippen molar-refractivity contribution in [2.45, 2.75) is 25.7 Å². The quantitative estimate of drug-likeness (QED) is 0.784. The topological polar surface area (TPSA) is 44.4 Å². The molecule has 0 unspecified atom stereocenters. The first-order valence-corrected chi connectivity index (χ1v) is 7.87. The molecule has 5 heteroatoms. The molecule has 0 saturated carbocycles. The Hall–Kier alpha value is -1.10. The molecule has 1 amide bonds. The minimum Gasteiger partial charge on any atom is -0.355 e. The maximum absolute atomic E-state index is 12.4. The molecule has 2 rings (SSSR count). The summed E-state index contributed by atoms with van der Waals surface area (Å²) in [6, 6.07) is 9.97. The summed E-state index contributed by atoms with van der Waals surface area (Å²) in [5.74, 6) is 0.106. The molecule has 0 aliphatic carbocycles. The number of hydrogen-bond acceptors (Lipinski definition) is 3. The maximum atomic E-state index is 12.4. The van der Waals surface area contributed by atoms with Crippen molar-refractivity contribution in [1.29, 1.82) is 0 Å². The molecule has 2 N–H and O–H groups in total. The van der Waals surface area contributed by atoms with Crippen LogP contribution >= 0.6 is 12.4 Å². The lowest BCUT2D eigenvalue weighted by Crippen LogP contribution is -2.45. The maximum Gasteiger partial charge on any atom is 0.230 e. The zero-order valence-corrected chi connectivity index (χ0v) is 14.4. The highest BCUT2D eigenvalue weighted by molar-refractivity contribution is 5.87. The second-order valence-corrected chi connectivity index (χ2v) is 6.19. The number of nitrogens with zero attached hydrogens (tertiary/aromatic N) is 1. The first kappa shape index (κ1) is 18.9. The summed E-state index contributed by atoms with van der Waals surface area (Å²) < 4.78 is 0. The number of amides is 1. The summed E-state index contributed by atoms with van der Waals surface area (Å²) in [5, 5.41) is 6.43. The number of carbonyl (C=O) groups excluding carboxylic acids is 1. The fourth-order valence-electron chi connectivity index (χ4n) is 2.65. The molecule has 0 radical (unpaired) electrons. The number of carbonyl (C=O) groups is 1. The summed E-state index contributed by atoms with van der Waals surface area (Å²) in [6.45, 7) is 10.2.